The highest BCUT2D eigenvalue weighted by molar-refractivity contribution is 6.32. The molecule has 2 rings (SSSR count). The van der Waals surface area contributed by atoms with Gasteiger partial charge in [0.05, 0.1) is 6.20 Å². The van der Waals surface area contributed by atoms with Gasteiger partial charge in [0.15, 0.2) is 5.82 Å². The van der Waals surface area contributed by atoms with Crippen LogP contribution in [0.4, 0.5) is 11.8 Å². The van der Waals surface area contributed by atoms with E-state index in [2.05, 4.69) is 27.5 Å². The summed E-state index contributed by atoms with van der Waals surface area (Å²) in [5, 5.41) is 6.97. The first-order valence-electron chi connectivity index (χ1n) is 5.17. The Labute approximate surface area is 94.5 Å². The van der Waals surface area contributed by atoms with Crippen LogP contribution in [-0.2, 0) is 0 Å². The van der Waals surface area contributed by atoms with Crippen molar-refractivity contribution in [1.29, 1.82) is 0 Å². The summed E-state index contributed by atoms with van der Waals surface area (Å²) in [5.41, 5.74) is 0.182. The van der Waals surface area contributed by atoms with Crippen LogP contribution in [0.25, 0.3) is 0 Å². The van der Waals surface area contributed by atoms with E-state index < -0.39 is 0 Å². The number of rotatable bonds is 4. The second-order valence-corrected chi connectivity index (χ2v) is 4.51. The third-order valence-corrected chi connectivity index (χ3v) is 2.78. The second kappa shape index (κ2) is 3.85. The number of anilines is 2. The molecule has 1 saturated carbocycles. The standard InChI is InChI=1S/C10H15ClN4/c1-3-12-9-13-6-7(11)8(14-9)15-10(2)4-5-10/h6H,3-5H2,1-2H3,(H2,12,13,14,15). The van der Waals surface area contributed by atoms with E-state index in [0.29, 0.717) is 11.0 Å². The molecule has 0 saturated heterocycles. The Hall–Kier alpha value is -1.03. The minimum Gasteiger partial charge on any atom is -0.364 e. The fraction of sp³-hybridized carbons (Fsp3) is 0.600. The van der Waals surface area contributed by atoms with E-state index in [1.165, 1.54) is 12.8 Å². The molecule has 1 fully saturated rings. The van der Waals surface area contributed by atoms with E-state index in [-0.39, 0.29) is 5.54 Å². The molecular weight excluding hydrogens is 212 g/mol. The maximum Gasteiger partial charge on any atom is 0.224 e. The van der Waals surface area contributed by atoms with Gasteiger partial charge in [0.2, 0.25) is 5.95 Å². The summed E-state index contributed by atoms with van der Waals surface area (Å²) in [6.45, 7) is 4.98. The van der Waals surface area contributed by atoms with Crippen molar-refractivity contribution in [2.45, 2.75) is 32.2 Å². The van der Waals surface area contributed by atoms with Gasteiger partial charge in [-0.2, -0.15) is 4.98 Å². The molecule has 0 bridgehead atoms. The van der Waals surface area contributed by atoms with Gasteiger partial charge in [-0.25, -0.2) is 4.98 Å². The lowest BCUT2D eigenvalue weighted by Gasteiger charge is -2.14. The van der Waals surface area contributed by atoms with Gasteiger partial charge in [-0.3, -0.25) is 0 Å². The van der Waals surface area contributed by atoms with Crippen LogP contribution in [0.15, 0.2) is 6.20 Å². The predicted octanol–water partition coefficient (Wildman–Crippen LogP) is 2.53. The first-order chi connectivity index (χ1) is 7.13. The van der Waals surface area contributed by atoms with Crippen LogP contribution in [0.2, 0.25) is 5.02 Å². The maximum absolute atomic E-state index is 6.01. The Balaban J connectivity index is 2.16. The van der Waals surface area contributed by atoms with E-state index in [9.17, 15) is 0 Å². The number of halogens is 1. The highest BCUT2D eigenvalue weighted by Gasteiger charge is 2.37. The number of nitrogens with one attached hydrogen (secondary N) is 2. The summed E-state index contributed by atoms with van der Waals surface area (Å²) >= 11 is 6.01. The lowest BCUT2D eigenvalue weighted by Crippen LogP contribution is -2.18. The van der Waals surface area contributed by atoms with Crippen LogP contribution in [-0.4, -0.2) is 22.1 Å². The van der Waals surface area contributed by atoms with Gasteiger partial charge in [-0.05, 0) is 26.7 Å². The third kappa shape index (κ3) is 2.50. The summed E-state index contributed by atoms with van der Waals surface area (Å²) < 4.78 is 0. The molecule has 0 aromatic carbocycles. The highest BCUT2D eigenvalue weighted by atomic mass is 35.5. The Kier molecular flexibility index (Phi) is 2.69. The molecule has 82 valence electrons. The molecule has 2 N–H and O–H groups in total. The van der Waals surface area contributed by atoms with Crippen molar-refractivity contribution >= 4 is 23.4 Å². The van der Waals surface area contributed by atoms with Gasteiger partial charge in [-0.1, -0.05) is 11.6 Å². The van der Waals surface area contributed by atoms with Crippen molar-refractivity contribution in [2.75, 3.05) is 17.2 Å². The molecular formula is C10H15ClN4. The van der Waals surface area contributed by atoms with Gasteiger partial charge in [0.25, 0.3) is 0 Å². The van der Waals surface area contributed by atoms with Gasteiger partial charge >= 0.3 is 0 Å². The fourth-order valence-electron chi connectivity index (χ4n) is 1.30. The molecule has 0 aliphatic heterocycles. The summed E-state index contributed by atoms with van der Waals surface area (Å²) in [7, 11) is 0. The molecule has 4 nitrogen and oxygen atoms in total. The number of hydrogen-bond acceptors (Lipinski definition) is 4. The Morgan fingerprint density at radius 2 is 2.27 bits per heavy atom. The average Bonchev–Trinajstić information content (AvgIpc) is 2.90. The molecule has 1 aliphatic rings. The third-order valence-electron chi connectivity index (χ3n) is 2.50. The molecule has 0 atom stereocenters. The van der Waals surface area contributed by atoms with Crippen LogP contribution in [0.5, 0.6) is 0 Å². The van der Waals surface area contributed by atoms with Crippen LogP contribution < -0.4 is 10.6 Å². The smallest absolute Gasteiger partial charge is 0.224 e. The normalized spacial score (nSPS) is 17.3. The van der Waals surface area contributed by atoms with Crippen LogP contribution in [0.3, 0.4) is 0 Å². The minimum atomic E-state index is 0.182. The van der Waals surface area contributed by atoms with Gasteiger partial charge in [-0.15, -0.1) is 0 Å². The highest BCUT2D eigenvalue weighted by Crippen LogP contribution is 2.39. The fourth-order valence-corrected chi connectivity index (χ4v) is 1.43. The largest absolute Gasteiger partial charge is 0.364 e. The van der Waals surface area contributed by atoms with E-state index in [4.69, 9.17) is 11.6 Å². The quantitative estimate of drug-likeness (QED) is 0.829. The van der Waals surface area contributed by atoms with E-state index in [1.807, 2.05) is 6.92 Å². The summed E-state index contributed by atoms with van der Waals surface area (Å²) in [5.74, 6) is 1.34. The molecule has 1 aliphatic carbocycles. The van der Waals surface area contributed by atoms with Crippen molar-refractivity contribution in [1.82, 2.24) is 9.97 Å². The zero-order valence-electron chi connectivity index (χ0n) is 8.97. The number of nitrogens with zero attached hydrogens (tertiary/aromatic N) is 2. The van der Waals surface area contributed by atoms with Crippen LogP contribution in [0.1, 0.15) is 26.7 Å². The van der Waals surface area contributed by atoms with Gasteiger partial charge in [0, 0.05) is 12.1 Å². The monoisotopic (exact) mass is 226 g/mol. The minimum absolute atomic E-state index is 0.182. The molecule has 1 aromatic rings. The number of hydrogen-bond donors (Lipinski definition) is 2. The summed E-state index contributed by atoms with van der Waals surface area (Å²) in [4.78, 5) is 8.41. The number of aromatic nitrogens is 2. The van der Waals surface area contributed by atoms with Crippen molar-refractivity contribution in [3.63, 3.8) is 0 Å². The van der Waals surface area contributed by atoms with Crippen LogP contribution in [0, 0.1) is 0 Å². The molecule has 0 amide bonds. The molecule has 0 spiro atoms. The van der Waals surface area contributed by atoms with Crippen molar-refractivity contribution in [2.24, 2.45) is 0 Å². The van der Waals surface area contributed by atoms with Crippen LogP contribution >= 0.6 is 11.6 Å². The van der Waals surface area contributed by atoms with Gasteiger partial charge in [0.1, 0.15) is 5.02 Å². The maximum atomic E-state index is 6.01. The van der Waals surface area contributed by atoms with Crippen molar-refractivity contribution in [3.05, 3.63) is 11.2 Å². The molecule has 5 heteroatoms. The topological polar surface area (TPSA) is 49.8 Å². The van der Waals surface area contributed by atoms with Crippen molar-refractivity contribution in [3.8, 4) is 0 Å². The van der Waals surface area contributed by atoms with E-state index >= 15 is 0 Å². The zero-order valence-corrected chi connectivity index (χ0v) is 9.73. The summed E-state index contributed by atoms with van der Waals surface area (Å²) in [6, 6.07) is 0. The summed E-state index contributed by atoms with van der Waals surface area (Å²) in [6.07, 6.45) is 3.97. The zero-order chi connectivity index (χ0) is 10.9. The molecule has 1 aromatic heterocycles. The Morgan fingerprint density at radius 1 is 1.53 bits per heavy atom. The molecule has 0 radical (unpaired) electrons. The first-order valence-corrected chi connectivity index (χ1v) is 5.55. The lowest BCUT2D eigenvalue weighted by atomic mass is 10.3. The molecule has 1 heterocycles. The second-order valence-electron chi connectivity index (χ2n) is 4.11. The van der Waals surface area contributed by atoms with Crippen molar-refractivity contribution < 1.29 is 0 Å². The average molecular weight is 227 g/mol. The lowest BCUT2D eigenvalue weighted by molar-refractivity contribution is 0.819. The van der Waals surface area contributed by atoms with Gasteiger partial charge < -0.3 is 10.6 Å². The Morgan fingerprint density at radius 3 is 2.87 bits per heavy atom. The SMILES string of the molecule is CCNc1ncc(Cl)c(NC2(C)CC2)n1. The Bertz CT molecular complexity index is 362. The first kappa shape index (κ1) is 10.5. The van der Waals surface area contributed by atoms with E-state index in [1.54, 1.807) is 6.20 Å². The predicted molar refractivity (Wildman–Crippen MR) is 62.5 cm³/mol. The van der Waals surface area contributed by atoms with E-state index in [0.717, 1.165) is 12.4 Å². The molecule has 15 heavy (non-hydrogen) atoms. The molecule has 0 unspecified atom stereocenters.